The van der Waals surface area contributed by atoms with Crippen molar-refractivity contribution in [3.63, 3.8) is 0 Å². The molecule has 2 nitrogen and oxygen atoms in total. The summed E-state index contributed by atoms with van der Waals surface area (Å²) in [5, 5.41) is 4.06. The number of nitrogens with zero attached hydrogens (tertiary/aromatic N) is 1. The fraction of sp³-hybridized carbons (Fsp3) is 0.211. The molecule has 0 amide bonds. The number of fused-ring (bicyclic) bond motifs is 1. The predicted octanol–water partition coefficient (Wildman–Crippen LogP) is 5.74. The summed E-state index contributed by atoms with van der Waals surface area (Å²) in [6.07, 6.45) is -4.37. The highest BCUT2D eigenvalue weighted by molar-refractivity contribution is 5.92. The third kappa shape index (κ3) is 3.35. The minimum absolute atomic E-state index is 0.0264. The molecule has 1 N–H and O–H groups in total. The molecule has 3 aromatic rings. The molecule has 0 aliphatic carbocycles. The van der Waals surface area contributed by atoms with Crippen molar-refractivity contribution in [1.29, 1.82) is 0 Å². The summed E-state index contributed by atoms with van der Waals surface area (Å²) in [5.41, 5.74) is 2.21. The second kappa shape index (κ2) is 6.15. The van der Waals surface area contributed by atoms with Crippen LogP contribution >= 0.6 is 0 Å². The Bertz CT molecular complexity index is 858. The van der Waals surface area contributed by atoms with E-state index in [0.717, 1.165) is 23.4 Å². The average molecular weight is 330 g/mol. The molecule has 1 unspecified atom stereocenters. The van der Waals surface area contributed by atoms with Crippen molar-refractivity contribution in [2.24, 2.45) is 0 Å². The maximum atomic E-state index is 12.9. The number of rotatable bonds is 3. The quantitative estimate of drug-likeness (QED) is 0.663. The zero-order valence-electron chi connectivity index (χ0n) is 13.4. The molecule has 1 heterocycles. The highest BCUT2D eigenvalue weighted by Crippen LogP contribution is 2.34. The number of aromatic nitrogens is 1. The standard InChI is InChI=1S/C19H17F3N2/c1-12-10-17(24-13(2)14-6-4-3-5-7-14)16-9-8-15(19(20,21)22)11-18(16)23-12/h3-11,13H,1-2H3,(H,23,24). The van der Waals surface area contributed by atoms with E-state index < -0.39 is 11.7 Å². The SMILES string of the molecule is Cc1cc(NC(C)c2ccccc2)c2ccc(C(F)(F)F)cc2n1. The third-order valence-electron chi connectivity index (χ3n) is 3.94. The summed E-state index contributed by atoms with van der Waals surface area (Å²) in [4.78, 5) is 4.25. The number of benzene rings is 2. The van der Waals surface area contributed by atoms with E-state index >= 15 is 0 Å². The summed E-state index contributed by atoms with van der Waals surface area (Å²) in [5.74, 6) is 0. The Balaban J connectivity index is 2.02. The Morgan fingerprint density at radius 2 is 1.71 bits per heavy atom. The molecule has 5 heteroatoms. The summed E-state index contributed by atoms with van der Waals surface area (Å²) >= 11 is 0. The van der Waals surface area contributed by atoms with Crippen molar-refractivity contribution < 1.29 is 13.2 Å². The molecule has 24 heavy (non-hydrogen) atoms. The van der Waals surface area contributed by atoms with E-state index in [1.165, 1.54) is 6.07 Å². The van der Waals surface area contributed by atoms with E-state index in [1.807, 2.05) is 43.3 Å². The van der Waals surface area contributed by atoms with Crippen LogP contribution in [0.3, 0.4) is 0 Å². The van der Waals surface area contributed by atoms with Gasteiger partial charge >= 0.3 is 6.18 Å². The first-order valence-corrected chi connectivity index (χ1v) is 7.64. The Hall–Kier alpha value is -2.56. The van der Waals surface area contributed by atoms with Crippen LogP contribution in [-0.4, -0.2) is 4.98 Å². The number of nitrogens with one attached hydrogen (secondary N) is 1. The summed E-state index contributed by atoms with van der Waals surface area (Å²) in [6.45, 7) is 3.79. The van der Waals surface area contributed by atoms with Crippen molar-refractivity contribution in [2.45, 2.75) is 26.1 Å². The van der Waals surface area contributed by atoms with E-state index in [0.29, 0.717) is 16.6 Å². The van der Waals surface area contributed by atoms with Gasteiger partial charge < -0.3 is 5.32 Å². The number of aryl methyl sites for hydroxylation is 1. The van der Waals surface area contributed by atoms with Crippen LogP contribution in [-0.2, 0) is 6.18 Å². The zero-order chi connectivity index (χ0) is 17.3. The van der Waals surface area contributed by atoms with Crippen LogP contribution in [0, 0.1) is 6.92 Å². The lowest BCUT2D eigenvalue weighted by molar-refractivity contribution is -0.137. The zero-order valence-corrected chi connectivity index (χ0v) is 13.4. The minimum Gasteiger partial charge on any atom is -0.378 e. The molecule has 2 aromatic carbocycles. The van der Waals surface area contributed by atoms with Crippen LogP contribution in [0.2, 0.25) is 0 Å². The monoisotopic (exact) mass is 330 g/mol. The van der Waals surface area contributed by atoms with Crippen molar-refractivity contribution in [3.8, 4) is 0 Å². The molecule has 0 spiro atoms. The molecule has 0 aliphatic rings. The number of hydrogen-bond acceptors (Lipinski definition) is 2. The molecule has 1 aromatic heterocycles. The molecule has 3 rings (SSSR count). The van der Waals surface area contributed by atoms with Gasteiger partial charge in [-0.3, -0.25) is 4.98 Å². The first-order valence-electron chi connectivity index (χ1n) is 7.64. The number of hydrogen-bond donors (Lipinski definition) is 1. The molecule has 0 aliphatic heterocycles. The summed E-state index contributed by atoms with van der Waals surface area (Å²) < 4.78 is 38.7. The first-order chi connectivity index (χ1) is 11.3. The van der Waals surface area contributed by atoms with Crippen molar-refractivity contribution in [3.05, 3.63) is 71.4 Å². The maximum absolute atomic E-state index is 12.9. The molecule has 0 fully saturated rings. The maximum Gasteiger partial charge on any atom is 0.416 e. The van der Waals surface area contributed by atoms with E-state index in [4.69, 9.17) is 0 Å². The third-order valence-corrected chi connectivity index (χ3v) is 3.94. The average Bonchev–Trinajstić information content (AvgIpc) is 2.54. The lowest BCUT2D eigenvalue weighted by atomic mass is 10.1. The van der Waals surface area contributed by atoms with E-state index in [-0.39, 0.29) is 6.04 Å². The van der Waals surface area contributed by atoms with Gasteiger partial charge in [-0.25, -0.2) is 0 Å². The van der Waals surface area contributed by atoms with Crippen LogP contribution in [0.1, 0.15) is 29.8 Å². The Labute approximate surface area is 138 Å². The second-order valence-corrected chi connectivity index (χ2v) is 5.82. The van der Waals surface area contributed by atoms with Gasteiger partial charge in [0.25, 0.3) is 0 Å². The van der Waals surface area contributed by atoms with Gasteiger partial charge in [0, 0.05) is 22.8 Å². The second-order valence-electron chi connectivity index (χ2n) is 5.82. The summed E-state index contributed by atoms with van der Waals surface area (Å²) in [7, 11) is 0. The molecule has 1 atom stereocenters. The van der Waals surface area contributed by atoms with E-state index in [9.17, 15) is 13.2 Å². The van der Waals surface area contributed by atoms with Gasteiger partial charge in [-0.1, -0.05) is 36.4 Å². The van der Waals surface area contributed by atoms with Crippen LogP contribution in [0.5, 0.6) is 0 Å². The van der Waals surface area contributed by atoms with Crippen LogP contribution in [0.15, 0.2) is 54.6 Å². The minimum atomic E-state index is -4.37. The molecular formula is C19H17F3N2. The topological polar surface area (TPSA) is 24.9 Å². The normalized spacial score (nSPS) is 13.0. The lowest BCUT2D eigenvalue weighted by Crippen LogP contribution is -2.08. The van der Waals surface area contributed by atoms with Gasteiger partial charge in [0.05, 0.1) is 11.1 Å². The van der Waals surface area contributed by atoms with Crippen LogP contribution in [0.25, 0.3) is 10.9 Å². The van der Waals surface area contributed by atoms with Crippen LogP contribution in [0.4, 0.5) is 18.9 Å². The van der Waals surface area contributed by atoms with E-state index in [1.54, 1.807) is 6.92 Å². The van der Waals surface area contributed by atoms with E-state index in [2.05, 4.69) is 10.3 Å². The summed E-state index contributed by atoms with van der Waals surface area (Å²) in [6, 6.07) is 15.4. The molecule has 0 bridgehead atoms. The largest absolute Gasteiger partial charge is 0.416 e. The smallest absolute Gasteiger partial charge is 0.378 e. The molecule has 0 saturated heterocycles. The lowest BCUT2D eigenvalue weighted by Gasteiger charge is -2.18. The fourth-order valence-electron chi connectivity index (χ4n) is 2.71. The van der Waals surface area contributed by atoms with Crippen molar-refractivity contribution in [1.82, 2.24) is 4.98 Å². The highest BCUT2D eigenvalue weighted by Gasteiger charge is 2.30. The van der Waals surface area contributed by atoms with Gasteiger partial charge in [-0.2, -0.15) is 13.2 Å². The number of halogens is 3. The Morgan fingerprint density at radius 1 is 1.00 bits per heavy atom. The highest BCUT2D eigenvalue weighted by atomic mass is 19.4. The molecular weight excluding hydrogens is 313 g/mol. The van der Waals surface area contributed by atoms with Crippen molar-refractivity contribution in [2.75, 3.05) is 5.32 Å². The van der Waals surface area contributed by atoms with Gasteiger partial charge in [0.15, 0.2) is 0 Å². The molecule has 124 valence electrons. The van der Waals surface area contributed by atoms with Gasteiger partial charge in [-0.15, -0.1) is 0 Å². The van der Waals surface area contributed by atoms with Gasteiger partial charge in [0.2, 0.25) is 0 Å². The fourth-order valence-corrected chi connectivity index (χ4v) is 2.71. The van der Waals surface area contributed by atoms with Gasteiger partial charge in [0.1, 0.15) is 0 Å². The first kappa shape index (κ1) is 16.3. The number of pyridine rings is 1. The van der Waals surface area contributed by atoms with Gasteiger partial charge in [-0.05, 0) is 37.6 Å². The van der Waals surface area contributed by atoms with Crippen molar-refractivity contribution >= 4 is 16.6 Å². The Morgan fingerprint density at radius 3 is 2.38 bits per heavy atom. The molecule has 0 radical (unpaired) electrons. The number of anilines is 1. The number of alkyl halides is 3. The predicted molar refractivity (Wildman–Crippen MR) is 90.0 cm³/mol. The molecule has 0 saturated carbocycles. The Kier molecular flexibility index (Phi) is 4.18. The van der Waals surface area contributed by atoms with Crippen LogP contribution < -0.4 is 5.32 Å².